The minimum Gasteiger partial charge on any atom is -0.480 e. The molecule has 2 atom stereocenters. The Bertz CT molecular complexity index is 1420. The second-order valence-electron chi connectivity index (χ2n) is 8.72. The van der Waals surface area contributed by atoms with Crippen molar-refractivity contribution in [2.75, 3.05) is 12.8 Å². The molecular formula is C25H23F3N6O2. The van der Waals surface area contributed by atoms with Gasteiger partial charge in [-0.3, -0.25) is 4.79 Å². The molecule has 1 saturated carbocycles. The Morgan fingerprint density at radius 2 is 1.94 bits per heavy atom. The van der Waals surface area contributed by atoms with Crippen molar-refractivity contribution in [3.05, 3.63) is 71.7 Å². The van der Waals surface area contributed by atoms with Gasteiger partial charge < -0.3 is 15.8 Å². The number of nitrogen functional groups attached to an aromatic ring is 1. The number of hydrogen-bond acceptors (Lipinski definition) is 6. The normalized spacial score (nSPS) is 17.9. The van der Waals surface area contributed by atoms with Crippen molar-refractivity contribution in [2.24, 2.45) is 0 Å². The highest BCUT2D eigenvalue weighted by Crippen LogP contribution is 2.39. The molecule has 2 unspecified atom stereocenters. The van der Waals surface area contributed by atoms with E-state index in [1.807, 2.05) is 18.2 Å². The summed E-state index contributed by atoms with van der Waals surface area (Å²) in [6.45, 7) is 0. The van der Waals surface area contributed by atoms with Gasteiger partial charge in [0.1, 0.15) is 17.4 Å². The molecule has 0 saturated heterocycles. The van der Waals surface area contributed by atoms with Crippen LogP contribution in [0.15, 0.2) is 55.0 Å². The lowest BCUT2D eigenvalue weighted by Gasteiger charge is -2.15. The summed E-state index contributed by atoms with van der Waals surface area (Å²) in [5.74, 6) is -0.302. The molecule has 0 bridgehead atoms. The van der Waals surface area contributed by atoms with Crippen molar-refractivity contribution in [3.8, 4) is 17.1 Å². The number of nitrogens with one attached hydrogen (secondary N) is 1. The second kappa shape index (κ2) is 9.14. The minimum absolute atomic E-state index is 0.0467. The zero-order valence-corrected chi connectivity index (χ0v) is 19.3. The van der Waals surface area contributed by atoms with Gasteiger partial charge in [0.15, 0.2) is 5.82 Å². The number of nitrogens with two attached hydrogens (primary N) is 1. The molecule has 1 aromatic carbocycles. The van der Waals surface area contributed by atoms with Gasteiger partial charge >= 0.3 is 6.18 Å². The lowest BCUT2D eigenvalue weighted by Crippen LogP contribution is -2.33. The van der Waals surface area contributed by atoms with Crippen molar-refractivity contribution in [2.45, 2.75) is 37.4 Å². The molecule has 11 heteroatoms. The molecular weight excluding hydrogens is 473 g/mol. The molecule has 1 aliphatic carbocycles. The van der Waals surface area contributed by atoms with Gasteiger partial charge in [0.25, 0.3) is 5.91 Å². The van der Waals surface area contributed by atoms with E-state index in [0.717, 1.165) is 36.2 Å². The number of hydrogen-bond donors (Lipinski definition) is 2. The number of alkyl halides is 3. The van der Waals surface area contributed by atoms with Crippen LogP contribution >= 0.6 is 0 Å². The van der Waals surface area contributed by atoms with E-state index in [1.165, 1.54) is 24.9 Å². The minimum atomic E-state index is -4.68. The van der Waals surface area contributed by atoms with Crippen molar-refractivity contribution in [3.63, 3.8) is 0 Å². The molecule has 1 amide bonds. The lowest BCUT2D eigenvalue weighted by molar-refractivity contribution is -0.136. The first-order chi connectivity index (χ1) is 17.3. The van der Waals surface area contributed by atoms with Crippen LogP contribution in [0.4, 0.5) is 19.0 Å². The summed E-state index contributed by atoms with van der Waals surface area (Å²) in [7, 11) is 1.38. The topological polar surface area (TPSA) is 107 Å². The standard InChI is InChI=1S/C25H23F3N6O2/c1-36-24-18(23(35)33-17-8-7-15(9-17)14-5-3-2-4-6-14)10-16(12-30-24)20-11-19(25(26,27)28)21-22(29)31-13-32-34(20)21/h2-6,10-13,15,17H,7-9H2,1H3,(H,33,35)(H2,29,31,32). The molecule has 0 radical (unpaired) electrons. The van der Waals surface area contributed by atoms with Crippen LogP contribution in [0.1, 0.15) is 46.7 Å². The first-order valence-corrected chi connectivity index (χ1v) is 11.4. The number of nitrogens with zero attached hydrogens (tertiary/aromatic N) is 4. The van der Waals surface area contributed by atoms with Crippen LogP contribution in [0.2, 0.25) is 0 Å². The van der Waals surface area contributed by atoms with Gasteiger partial charge in [-0.2, -0.15) is 18.3 Å². The summed E-state index contributed by atoms with van der Waals surface area (Å²) in [5, 5.41) is 6.99. The van der Waals surface area contributed by atoms with Gasteiger partial charge in [0, 0.05) is 17.8 Å². The largest absolute Gasteiger partial charge is 0.480 e. The number of fused-ring (bicyclic) bond motifs is 1. The maximum absolute atomic E-state index is 13.7. The number of pyridine rings is 1. The summed E-state index contributed by atoms with van der Waals surface area (Å²) in [4.78, 5) is 21.1. The molecule has 3 heterocycles. The molecule has 3 aromatic heterocycles. The number of anilines is 1. The van der Waals surface area contributed by atoms with Crippen molar-refractivity contribution in [1.29, 1.82) is 0 Å². The van der Waals surface area contributed by atoms with Crippen LogP contribution in [-0.2, 0) is 6.18 Å². The number of carbonyl (C=O) groups is 1. The molecule has 0 aliphatic heterocycles. The van der Waals surface area contributed by atoms with Crippen LogP contribution < -0.4 is 15.8 Å². The van der Waals surface area contributed by atoms with Gasteiger partial charge in [0.2, 0.25) is 5.88 Å². The van der Waals surface area contributed by atoms with E-state index in [2.05, 4.69) is 32.5 Å². The van der Waals surface area contributed by atoms with Crippen LogP contribution in [0.5, 0.6) is 5.88 Å². The van der Waals surface area contributed by atoms with Gasteiger partial charge in [-0.05, 0) is 42.9 Å². The maximum atomic E-state index is 13.7. The van der Waals surface area contributed by atoms with E-state index < -0.39 is 17.6 Å². The number of rotatable bonds is 5. The third-order valence-corrected chi connectivity index (χ3v) is 6.51. The number of carbonyl (C=O) groups excluding carboxylic acids is 1. The van der Waals surface area contributed by atoms with E-state index in [-0.39, 0.29) is 40.1 Å². The number of halogens is 3. The Kier molecular flexibility index (Phi) is 5.99. The predicted octanol–water partition coefficient (Wildman–Crippen LogP) is 4.47. The van der Waals surface area contributed by atoms with Crippen molar-refractivity contribution >= 4 is 17.2 Å². The Hall–Kier alpha value is -4.15. The zero-order valence-electron chi connectivity index (χ0n) is 19.3. The van der Waals surface area contributed by atoms with Crippen LogP contribution in [-0.4, -0.2) is 38.6 Å². The quantitative estimate of drug-likeness (QED) is 0.422. The zero-order chi connectivity index (χ0) is 25.4. The molecule has 1 aliphatic rings. The fourth-order valence-corrected chi connectivity index (χ4v) is 4.81. The number of amides is 1. The predicted molar refractivity (Wildman–Crippen MR) is 126 cm³/mol. The molecule has 36 heavy (non-hydrogen) atoms. The SMILES string of the molecule is COc1ncc(-c2cc(C(F)(F)F)c3c(N)ncnn23)cc1C(=O)NC1CCC(c2ccccc2)C1. The fraction of sp³-hybridized carbons (Fsp3) is 0.280. The molecule has 3 N–H and O–H groups in total. The monoisotopic (exact) mass is 496 g/mol. The van der Waals surface area contributed by atoms with E-state index in [9.17, 15) is 18.0 Å². The summed E-state index contributed by atoms with van der Waals surface area (Å²) in [6, 6.07) is 12.5. The number of aromatic nitrogens is 4. The van der Waals surface area contributed by atoms with Gasteiger partial charge in [-0.15, -0.1) is 0 Å². The third-order valence-electron chi connectivity index (χ3n) is 6.51. The highest BCUT2D eigenvalue weighted by Gasteiger charge is 2.37. The van der Waals surface area contributed by atoms with Gasteiger partial charge in [-0.25, -0.2) is 14.5 Å². The van der Waals surface area contributed by atoms with Crippen molar-refractivity contribution in [1.82, 2.24) is 24.9 Å². The molecule has 186 valence electrons. The summed E-state index contributed by atoms with van der Waals surface area (Å²) >= 11 is 0. The maximum Gasteiger partial charge on any atom is 0.418 e. The third kappa shape index (κ3) is 4.32. The fourth-order valence-electron chi connectivity index (χ4n) is 4.81. The van der Waals surface area contributed by atoms with Gasteiger partial charge in [0.05, 0.1) is 18.4 Å². The van der Waals surface area contributed by atoms with E-state index in [1.54, 1.807) is 0 Å². The number of methoxy groups -OCH3 is 1. The summed E-state index contributed by atoms with van der Waals surface area (Å²) < 4.78 is 47.5. The lowest BCUT2D eigenvalue weighted by atomic mass is 9.97. The van der Waals surface area contributed by atoms with Crippen LogP contribution in [0.25, 0.3) is 16.8 Å². The highest BCUT2D eigenvalue weighted by atomic mass is 19.4. The van der Waals surface area contributed by atoms with E-state index in [0.29, 0.717) is 5.92 Å². The first-order valence-electron chi connectivity index (χ1n) is 11.4. The number of benzene rings is 1. The highest BCUT2D eigenvalue weighted by molar-refractivity contribution is 5.97. The Morgan fingerprint density at radius 3 is 2.67 bits per heavy atom. The molecule has 4 aromatic rings. The second-order valence-corrected chi connectivity index (χ2v) is 8.72. The average Bonchev–Trinajstić information content (AvgIpc) is 3.50. The average molecular weight is 496 g/mol. The van der Waals surface area contributed by atoms with Crippen molar-refractivity contribution < 1.29 is 22.7 Å². The molecule has 8 nitrogen and oxygen atoms in total. The van der Waals surface area contributed by atoms with Crippen LogP contribution in [0.3, 0.4) is 0 Å². The summed E-state index contributed by atoms with van der Waals surface area (Å²) in [6.07, 6.45) is 0.271. The Labute approximate surface area is 204 Å². The number of ether oxygens (including phenoxy) is 1. The first kappa shape index (κ1) is 23.6. The Balaban J connectivity index is 1.46. The van der Waals surface area contributed by atoms with E-state index >= 15 is 0 Å². The van der Waals surface area contributed by atoms with Crippen LogP contribution in [0, 0.1) is 0 Å². The van der Waals surface area contributed by atoms with E-state index in [4.69, 9.17) is 10.5 Å². The molecule has 5 rings (SSSR count). The molecule has 0 spiro atoms. The Morgan fingerprint density at radius 1 is 1.17 bits per heavy atom. The molecule has 1 fully saturated rings. The smallest absolute Gasteiger partial charge is 0.418 e. The van der Waals surface area contributed by atoms with Gasteiger partial charge in [-0.1, -0.05) is 30.3 Å². The summed E-state index contributed by atoms with van der Waals surface area (Å²) in [5.41, 5.74) is 6.07.